The van der Waals surface area contributed by atoms with Gasteiger partial charge in [0.15, 0.2) is 0 Å². The van der Waals surface area contributed by atoms with Crippen LogP contribution < -0.4 is 25.0 Å². The molecule has 2 aromatic rings. The fourth-order valence-electron chi connectivity index (χ4n) is 4.27. The zero-order chi connectivity index (χ0) is 31.6. The number of imide groups is 1. The van der Waals surface area contributed by atoms with Gasteiger partial charge in [0.05, 0.1) is 23.8 Å². The van der Waals surface area contributed by atoms with Gasteiger partial charge in [-0.1, -0.05) is 32.9 Å². The number of rotatable bonds is 10. The van der Waals surface area contributed by atoms with E-state index in [0.29, 0.717) is 28.3 Å². The molecule has 228 valence electrons. The molecule has 0 spiro atoms. The van der Waals surface area contributed by atoms with Crippen molar-refractivity contribution in [3.05, 3.63) is 53.1 Å². The lowest BCUT2D eigenvalue weighted by Crippen LogP contribution is -2.49. The quantitative estimate of drug-likeness (QED) is 0.319. The third kappa shape index (κ3) is 7.45. The number of nitrogens with one attached hydrogen (secondary N) is 3. The number of hydrogen-bond donors (Lipinski definition) is 4. The first-order valence-corrected chi connectivity index (χ1v) is 15.0. The molecule has 0 saturated carbocycles. The lowest BCUT2D eigenvalue weighted by Gasteiger charge is -2.30. The van der Waals surface area contributed by atoms with Crippen LogP contribution >= 0.6 is 0 Å². The normalized spacial score (nSPS) is 15.2. The van der Waals surface area contributed by atoms with E-state index in [-0.39, 0.29) is 30.2 Å². The molecule has 13 heteroatoms. The molecular formula is C29H38N4O8S. The summed E-state index contributed by atoms with van der Waals surface area (Å²) in [6.45, 7) is 10.4. The Labute approximate surface area is 245 Å². The van der Waals surface area contributed by atoms with Crippen molar-refractivity contribution < 1.29 is 37.4 Å². The highest BCUT2D eigenvalue weighted by molar-refractivity contribution is 7.88. The summed E-state index contributed by atoms with van der Waals surface area (Å²) in [7, 11) is -2.40. The molecule has 0 aliphatic carbocycles. The van der Waals surface area contributed by atoms with Crippen LogP contribution in [0.1, 0.15) is 69.4 Å². The number of ether oxygens (including phenoxy) is 1. The molecule has 1 fully saturated rings. The number of carboxylic acid groups (broad SMARTS) is 1. The summed E-state index contributed by atoms with van der Waals surface area (Å²) in [5.41, 5.74) is 0.352. The Morgan fingerprint density at radius 1 is 1.10 bits per heavy atom. The Bertz CT molecular complexity index is 1490. The van der Waals surface area contributed by atoms with Crippen molar-refractivity contribution >= 4 is 45.2 Å². The summed E-state index contributed by atoms with van der Waals surface area (Å²) in [5.74, 6) is -2.05. The van der Waals surface area contributed by atoms with Crippen LogP contribution in [0.25, 0.3) is 0 Å². The molecule has 42 heavy (non-hydrogen) atoms. The number of nitrogens with zero attached hydrogens (tertiary/aromatic N) is 1. The summed E-state index contributed by atoms with van der Waals surface area (Å²) in [5, 5.41) is 14.4. The van der Waals surface area contributed by atoms with E-state index in [2.05, 4.69) is 15.4 Å². The Morgan fingerprint density at radius 2 is 1.71 bits per heavy atom. The van der Waals surface area contributed by atoms with E-state index in [9.17, 15) is 32.7 Å². The topological polar surface area (TPSA) is 171 Å². The Morgan fingerprint density at radius 3 is 2.24 bits per heavy atom. The lowest BCUT2D eigenvalue weighted by atomic mass is 9.84. The summed E-state index contributed by atoms with van der Waals surface area (Å²) in [6, 6.07) is 8.08. The molecule has 12 nitrogen and oxygen atoms in total. The minimum Gasteiger partial charge on any atom is -0.496 e. The second-order valence-electron chi connectivity index (χ2n) is 11.9. The van der Waals surface area contributed by atoms with E-state index in [4.69, 9.17) is 4.74 Å². The van der Waals surface area contributed by atoms with E-state index >= 15 is 0 Å². The number of carbonyl (C=O) groups excluding carboxylic acids is 3. The van der Waals surface area contributed by atoms with Gasteiger partial charge >= 0.3 is 12.0 Å². The maximum absolute atomic E-state index is 13.5. The van der Waals surface area contributed by atoms with Crippen LogP contribution in [-0.4, -0.2) is 57.0 Å². The molecule has 0 radical (unpaired) electrons. The van der Waals surface area contributed by atoms with Gasteiger partial charge in [-0.15, -0.1) is 0 Å². The third-order valence-corrected chi connectivity index (χ3v) is 8.68. The molecule has 0 bridgehead atoms. The number of urea groups is 1. The second-order valence-corrected chi connectivity index (χ2v) is 13.6. The van der Waals surface area contributed by atoms with E-state index < -0.39 is 44.8 Å². The van der Waals surface area contributed by atoms with Crippen LogP contribution in [0, 0.1) is 5.41 Å². The fourth-order valence-corrected chi connectivity index (χ4v) is 5.82. The van der Waals surface area contributed by atoms with Gasteiger partial charge in [-0.3, -0.25) is 24.6 Å². The van der Waals surface area contributed by atoms with Crippen LogP contribution in [0.3, 0.4) is 0 Å². The van der Waals surface area contributed by atoms with Crippen LogP contribution in [0.4, 0.5) is 16.2 Å². The molecular weight excluding hydrogens is 564 g/mol. The molecule has 0 aromatic heterocycles. The number of hydrogen-bond acceptors (Lipinski definition) is 7. The zero-order valence-corrected chi connectivity index (χ0v) is 25.6. The average Bonchev–Trinajstić information content (AvgIpc) is 2.87. The molecule has 1 heterocycles. The standard InChI is InChI=1S/C29H38N4O8S/c1-17(29(5,6)26(36)37)32-42(39,40)16-18-8-10-19(11-9-18)30-25(35)21-14-20(33-13-12-23(34)31-27(33)38)15-22(24(21)41-7)28(2,3)4/h8-11,14-15,17,32H,12-13,16H2,1-7H3,(H,30,35)(H,36,37)(H,31,34,38). The van der Waals surface area contributed by atoms with Crippen LogP contribution in [0.5, 0.6) is 5.75 Å². The number of carboxylic acids is 1. The minimum absolute atomic E-state index is 0.123. The molecule has 4 amide bonds. The monoisotopic (exact) mass is 602 g/mol. The largest absolute Gasteiger partial charge is 0.496 e. The zero-order valence-electron chi connectivity index (χ0n) is 24.8. The molecule has 1 unspecified atom stereocenters. The van der Waals surface area contributed by atoms with Gasteiger partial charge in [0.2, 0.25) is 15.9 Å². The average molecular weight is 603 g/mol. The number of anilines is 2. The second kappa shape index (κ2) is 12.1. The van der Waals surface area contributed by atoms with Crippen molar-refractivity contribution in [2.75, 3.05) is 23.9 Å². The predicted molar refractivity (Wildman–Crippen MR) is 158 cm³/mol. The smallest absolute Gasteiger partial charge is 0.328 e. The van der Waals surface area contributed by atoms with Gasteiger partial charge in [-0.05, 0) is 56.0 Å². The minimum atomic E-state index is -3.86. The maximum atomic E-state index is 13.5. The molecule has 4 N–H and O–H groups in total. The molecule has 2 aromatic carbocycles. The highest BCUT2D eigenvalue weighted by atomic mass is 32.2. The third-order valence-electron chi connectivity index (χ3n) is 7.25. The van der Waals surface area contributed by atoms with Gasteiger partial charge in [0.25, 0.3) is 5.91 Å². The summed E-state index contributed by atoms with van der Waals surface area (Å²) in [6.07, 6.45) is 0.123. The van der Waals surface area contributed by atoms with E-state index in [1.165, 1.54) is 38.8 Å². The molecule has 1 aliphatic heterocycles. The Balaban J connectivity index is 1.85. The number of aliphatic carboxylic acids is 1. The Kier molecular flexibility index (Phi) is 9.38. The summed E-state index contributed by atoms with van der Waals surface area (Å²) >= 11 is 0. The summed E-state index contributed by atoms with van der Waals surface area (Å²) < 4.78 is 33.4. The van der Waals surface area contributed by atoms with Crippen molar-refractivity contribution in [2.45, 2.75) is 65.2 Å². The number of benzene rings is 2. The van der Waals surface area contributed by atoms with E-state index in [0.717, 1.165) is 0 Å². The SMILES string of the molecule is COc1c(C(=O)Nc2ccc(CS(=O)(=O)NC(C)C(C)(C)C(=O)O)cc2)cc(N2CCC(=O)NC2=O)cc1C(C)(C)C. The van der Waals surface area contributed by atoms with Crippen molar-refractivity contribution in [1.29, 1.82) is 0 Å². The first kappa shape index (κ1) is 32.5. The first-order chi connectivity index (χ1) is 19.4. The van der Waals surface area contributed by atoms with Crippen molar-refractivity contribution in [2.24, 2.45) is 5.41 Å². The molecule has 1 aliphatic rings. The first-order valence-electron chi connectivity index (χ1n) is 13.3. The van der Waals surface area contributed by atoms with E-state index in [1.807, 2.05) is 20.8 Å². The van der Waals surface area contributed by atoms with Crippen molar-refractivity contribution in [3.63, 3.8) is 0 Å². The van der Waals surface area contributed by atoms with Crippen LogP contribution in [0.2, 0.25) is 0 Å². The maximum Gasteiger partial charge on any atom is 0.328 e. The Hall–Kier alpha value is -3.97. The number of amides is 4. The fraction of sp³-hybridized carbons (Fsp3) is 0.448. The van der Waals surface area contributed by atoms with Crippen LogP contribution in [0.15, 0.2) is 36.4 Å². The lowest BCUT2D eigenvalue weighted by molar-refractivity contribution is -0.148. The van der Waals surface area contributed by atoms with Gasteiger partial charge < -0.3 is 15.2 Å². The highest BCUT2D eigenvalue weighted by Crippen LogP contribution is 2.38. The van der Waals surface area contributed by atoms with Gasteiger partial charge in [0.1, 0.15) is 5.75 Å². The van der Waals surface area contributed by atoms with E-state index in [1.54, 1.807) is 30.3 Å². The molecule has 1 atom stereocenters. The van der Waals surface area contributed by atoms with Gasteiger partial charge in [0, 0.05) is 35.9 Å². The molecule has 1 saturated heterocycles. The highest BCUT2D eigenvalue weighted by Gasteiger charge is 2.36. The van der Waals surface area contributed by atoms with Gasteiger partial charge in [-0.25, -0.2) is 17.9 Å². The van der Waals surface area contributed by atoms with Crippen LogP contribution in [-0.2, 0) is 30.8 Å². The number of methoxy groups -OCH3 is 1. The molecule has 3 rings (SSSR count). The summed E-state index contributed by atoms with van der Waals surface area (Å²) in [4.78, 5) is 50.6. The predicted octanol–water partition coefficient (Wildman–Crippen LogP) is 3.61. The van der Waals surface area contributed by atoms with Crippen molar-refractivity contribution in [1.82, 2.24) is 10.0 Å². The van der Waals surface area contributed by atoms with Crippen molar-refractivity contribution in [3.8, 4) is 5.75 Å². The number of sulfonamides is 1. The number of carbonyl (C=O) groups is 4. The van der Waals surface area contributed by atoms with Gasteiger partial charge in [-0.2, -0.15) is 0 Å².